The maximum atomic E-state index is 12.8. The fourth-order valence-corrected chi connectivity index (χ4v) is 3.33. The first-order valence-corrected chi connectivity index (χ1v) is 8.52. The molecule has 2 amide bonds. The van der Waals surface area contributed by atoms with E-state index in [2.05, 4.69) is 17.4 Å². The van der Waals surface area contributed by atoms with E-state index in [-0.39, 0.29) is 18.7 Å². The number of amides is 2. The van der Waals surface area contributed by atoms with Crippen molar-refractivity contribution in [3.8, 4) is 0 Å². The fraction of sp³-hybridized carbons (Fsp3) is 0.350. The molecule has 1 aliphatic rings. The number of anilines is 1. The van der Waals surface area contributed by atoms with E-state index in [1.165, 1.54) is 11.1 Å². The highest BCUT2D eigenvalue weighted by atomic mass is 16.3. The number of hydrogen-bond donors (Lipinski definition) is 2. The zero-order valence-corrected chi connectivity index (χ0v) is 14.0. The van der Waals surface area contributed by atoms with Crippen LogP contribution >= 0.6 is 0 Å². The van der Waals surface area contributed by atoms with Gasteiger partial charge >= 0.3 is 6.03 Å². The minimum atomic E-state index is -0.103. The summed E-state index contributed by atoms with van der Waals surface area (Å²) in [7, 11) is 0. The number of fused-ring (bicyclic) bond motifs is 1. The van der Waals surface area contributed by atoms with Gasteiger partial charge in [-0.2, -0.15) is 0 Å². The minimum absolute atomic E-state index is 0.0817. The van der Waals surface area contributed by atoms with Crippen LogP contribution in [0.1, 0.15) is 35.6 Å². The average Bonchev–Trinajstić information content (AvgIpc) is 3.01. The summed E-state index contributed by atoms with van der Waals surface area (Å²) in [4.78, 5) is 14.7. The van der Waals surface area contributed by atoms with Crippen molar-refractivity contribution >= 4 is 11.7 Å². The molecule has 0 heterocycles. The number of aryl methyl sites for hydroxylation is 2. The van der Waals surface area contributed by atoms with E-state index in [4.69, 9.17) is 0 Å². The van der Waals surface area contributed by atoms with Crippen molar-refractivity contribution < 1.29 is 9.90 Å². The van der Waals surface area contributed by atoms with Gasteiger partial charge in [0, 0.05) is 18.8 Å². The van der Waals surface area contributed by atoms with Gasteiger partial charge < -0.3 is 15.3 Å². The summed E-state index contributed by atoms with van der Waals surface area (Å²) < 4.78 is 0. The molecule has 0 radical (unpaired) electrons. The lowest BCUT2D eigenvalue weighted by atomic mass is 10.1. The first-order valence-electron chi connectivity index (χ1n) is 8.52. The quantitative estimate of drug-likeness (QED) is 0.876. The standard InChI is InChI=1S/C20H24N2O2/c1-15-7-10-17(11-8-15)21-20(24)22(13-4-14-23)19-12-9-16-5-2-3-6-18(16)19/h2-3,5-8,10-11,19,23H,4,9,12-14H2,1H3,(H,21,24). The number of carbonyl (C=O) groups excluding carboxylic acids is 1. The van der Waals surface area contributed by atoms with Crippen LogP contribution in [0.5, 0.6) is 0 Å². The highest BCUT2D eigenvalue weighted by Gasteiger charge is 2.30. The SMILES string of the molecule is Cc1ccc(NC(=O)N(CCCO)C2CCc3ccccc32)cc1. The van der Waals surface area contributed by atoms with Gasteiger partial charge in [-0.25, -0.2) is 4.79 Å². The molecule has 0 aliphatic heterocycles. The van der Waals surface area contributed by atoms with Crippen LogP contribution in [0.4, 0.5) is 10.5 Å². The first kappa shape index (κ1) is 16.5. The summed E-state index contributed by atoms with van der Waals surface area (Å²) >= 11 is 0. The Morgan fingerprint density at radius 2 is 1.96 bits per heavy atom. The van der Waals surface area contributed by atoms with Gasteiger partial charge in [0.05, 0.1) is 6.04 Å². The number of carbonyl (C=O) groups is 1. The van der Waals surface area contributed by atoms with Crippen LogP contribution in [0.2, 0.25) is 0 Å². The number of nitrogens with one attached hydrogen (secondary N) is 1. The van der Waals surface area contributed by atoms with E-state index >= 15 is 0 Å². The Morgan fingerprint density at radius 3 is 2.71 bits per heavy atom. The van der Waals surface area contributed by atoms with Gasteiger partial charge in [0.25, 0.3) is 0 Å². The van der Waals surface area contributed by atoms with Gasteiger partial charge in [0.15, 0.2) is 0 Å². The van der Waals surface area contributed by atoms with Gasteiger partial charge in [-0.05, 0) is 49.4 Å². The van der Waals surface area contributed by atoms with Crippen LogP contribution in [0.25, 0.3) is 0 Å². The summed E-state index contributed by atoms with van der Waals surface area (Å²) in [5.41, 5.74) is 4.51. The number of hydrogen-bond acceptors (Lipinski definition) is 2. The van der Waals surface area contributed by atoms with Gasteiger partial charge in [-0.15, -0.1) is 0 Å². The van der Waals surface area contributed by atoms with Crippen molar-refractivity contribution in [3.05, 3.63) is 65.2 Å². The predicted molar refractivity (Wildman–Crippen MR) is 96.1 cm³/mol. The molecule has 0 spiro atoms. The lowest BCUT2D eigenvalue weighted by Crippen LogP contribution is -2.38. The average molecular weight is 324 g/mol. The molecule has 2 aromatic rings. The van der Waals surface area contributed by atoms with E-state index in [9.17, 15) is 9.90 Å². The Balaban J connectivity index is 1.78. The highest BCUT2D eigenvalue weighted by Crippen LogP contribution is 2.36. The van der Waals surface area contributed by atoms with Crippen molar-refractivity contribution in [1.82, 2.24) is 4.90 Å². The molecular formula is C20H24N2O2. The second-order valence-electron chi connectivity index (χ2n) is 6.32. The van der Waals surface area contributed by atoms with E-state index in [1.54, 1.807) is 0 Å². The highest BCUT2D eigenvalue weighted by molar-refractivity contribution is 5.89. The van der Waals surface area contributed by atoms with E-state index in [1.807, 2.05) is 48.2 Å². The molecule has 4 heteroatoms. The number of aliphatic hydroxyl groups is 1. The summed E-state index contributed by atoms with van der Waals surface area (Å²) in [6.45, 7) is 2.66. The molecule has 0 fully saturated rings. The summed E-state index contributed by atoms with van der Waals surface area (Å²) in [5, 5.41) is 12.2. The number of rotatable bonds is 5. The molecule has 0 saturated heterocycles. The molecule has 4 nitrogen and oxygen atoms in total. The Labute approximate surface area is 143 Å². The first-order chi connectivity index (χ1) is 11.7. The summed E-state index contributed by atoms with van der Waals surface area (Å²) in [5.74, 6) is 0. The van der Waals surface area contributed by atoms with Gasteiger partial charge in [0.2, 0.25) is 0 Å². The maximum absolute atomic E-state index is 12.8. The second-order valence-corrected chi connectivity index (χ2v) is 6.32. The van der Waals surface area contributed by atoms with Crippen molar-refractivity contribution in [2.45, 2.75) is 32.2 Å². The number of benzene rings is 2. The van der Waals surface area contributed by atoms with Crippen LogP contribution in [0, 0.1) is 6.92 Å². The monoisotopic (exact) mass is 324 g/mol. The second kappa shape index (κ2) is 7.49. The van der Waals surface area contributed by atoms with Crippen LogP contribution in [-0.4, -0.2) is 29.2 Å². The van der Waals surface area contributed by atoms with Crippen molar-refractivity contribution in [2.75, 3.05) is 18.5 Å². The molecule has 1 aliphatic carbocycles. The topological polar surface area (TPSA) is 52.6 Å². The summed E-state index contributed by atoms with van der Waals surface area (Å²) in [6.07, 6.45) is 2.51. The smallest absolute Gasteiger partial charge is 0.322 e. The van der Waals surface area contributed by atoms with Crippen molar-refractivity contribution in [2.24, 2.45) is 0 Å². The molecular weight excluding hydrogens is 300 g/mol. The van der Waals surface area contributed by atoms with Crippen molar-refractivity contribution in [1.29, 1.82) is 0 Å². The van der Waals surface area contributed by atoms with Crippen LogP contribution in [0.3, 0.4) is 0 Å². The Bertz CT molecular complexity index is 697. The van der Waals surface area contributed by atoms with Gasteiger partial charge in [0.1, 0.15) is 0 Å². The molecule has 0 saturated carbocycles. The third-order valence-electron chi connectivity index (χ3n) is 4.60. The number of aliphatic hydroxyl groups excluding tert-OH is 1. The third kappa shape index (κ3) is 3.60. The molecule has 3 rings (SSSR count). The molecule has 1 atom stereocenters. The largest absolute Gasteiger partial charge is 0.396 e. The Kier molecular flexibility index (Phi) is 5.16. The molecule has 0 aromatic heterocycles. The van der Waals surface area contributed by atoms with Crippen molar-refractivity contribution in [3.63, 3.8) is 0 Å². The molecule has 2 N–H and O–H groups in total. The molecule has 1 unspecified atom stereocenters. The zero-order chi connectivity index (χ0) is 16.9. The Morgan fingerprint density at radius 1 is 1.21 bits per heavy atom. The molecule has 2 aromatic carbocycles. The lowest BCUT2D eigenvalue weighted by Gasteiger charge is -2.30. The molecule has 126 valence electrons. The maximum Gasteiger partial charge on any atom is 0.322 e. The lowest BCUT2D eigenvalue weighted by molar-refractivity contribution is 0.177. The normalized spacial score (nSPS) is 15.8. The van der Waals surface area contributed by atoms with E-state index in [0.717, 1.165) is 24.1 Å². The van der Waals surface area contributed by atoms with Gasteiger partial charge in [-0.3, -0.25) is 0 Å². The third-order valence-corrected chi connectivity index (χ3v) is 4.60. The Hall–Kier alpha value is -2.33. The number of urea groups is 1. The fourth-order valence-electron chi connectivity index (χ4n) is 3.33. The minimum Gasteiger partial charge on any atom is -0.396 e. The van der Waals surface area contributed by atoms with Gasteiger partial charge in [-0.1, -0.05) is 42.0 Å². The van der Waals surface area contributed by atoms with Crippen LogP contribution in [-0.2, 0) is 6.42 Å². The van der Waals surface area contributed by atoms with Crippen LogP contribution < -0.4 is 5.32 Å². The summed E-state index contributed by atoms with van der Waals surface area (Å²) in [6, 6.07) is 16.1. The van der Waals surface area contributed by atoms with E-state index in [0.29, 0.717) is 13.0 Å². The predicted octanol–water partition coefficient (Wildman–Crippen LogP) is 3.90. The molecule has 24 heavy (non-hydrogen) atoms. The zero-order valence-electron chi connectivity index (χ0n) is 14.0. The van der Waals surface area contributed by atoms with Crippen LogP contribution in [0.15, 0.2) is 48.5 Å². The molecule has 0 bridgehead atoms. The van der Waals surface area contributed by atoms with E-state index < -0.39 is 0 Å². The number of nitrogens with zero attached hydrogens (tertiary/aromatic N) is 1.